The van der Waals surface area contributed by atoms with E-state index in [4.69, 9.17) is 23.6 Å². The summed E-state index contributed by atoms with van der Waals surface area (Å²) in [5, 5.41) is 1.57. The fraction of sp³-hybridized carbons (Fsp3) is 0.207. The summed E-state index contributed by atoms with van der Waals surface area (Å²) < 4.78 is 22.9. The standard InChI is InChI=1S/C29H27N3O6S/c1-35-15-14-32-27(33)26(39-29(32)30-20-8-10-21(36-2)11-9-20)16-19-17-31(24-7-5-4-6-23(19)24)18-22-12-13-25(38-22)28(34)37-3/h4-13,16-17H,14-15,18H2,1-3H3/b26-16-,30-29?. The highest BCUT2D eigenvalue weighted by molar-refractivity contribution is 8.18. The van der Waals surface area contributed by atoms with Gasteiger partial charge in [-0.05, 0) is 60.3 Å². The molecule has 2 aromatic heterocycles. The Morgan fingerprint density at radius 2 is 1.85 bits per heavy atom. The summed E-state index contributed by atoms with van der Waals surface area (Å²) >= 11 is 1.33. The number of hydrogen-bond donors (Lipinski definition) is 0. The topological polar surface area (TPSA) is 95.5 Å². The molecule has 1 amide bonds. The molecule has 1 aliphatic rings. The zero-order chi connectivity index (χ0) is 27.4. The maximum Gasteiger partial charge on any atom is 0.373 e. The number of aromatic nitrogens is 1. The number of amides is 1. The van der Waals surface area contributed by atoms with Crippen molar-refractivity contribution in [2.45, 2.75) is 6.54 Å². The largest absolute Gasteiger partial charge is 0.497 e. The number of nitrogens with zero attached hydrogens (tertiary/aromatic N) is 3. The van der Waals surface area contributed by atoms with E-state index in [-0.39, 0.29) is 11.7 Å². The molecule has 10 heteroatoms. The third-order valence-corrected chi connectivity index (χ3v) is 7.19. The van der Waals surface area contributed by atoms with Crippen molar-refractivity contribution in [3.8, 4) is 5.75 Å². The van der Waals surface area contributed by atoms with Gasteiger partial charge in [0.05, 0.1) is 44.5 Å². The first-order valence-electron chi connectivity index (χ1n) is 12.2. The first kappa shape index (κ1) is 26.3. The molecule has 1 fully saturated rings. The second kappa shape index (κ2) is 11.6. The van der Waals surface area contributed by atoms with Gasteiger partial charge in [-0.25, -0.2) is 9.79 Å². The van der Waals surface area contributed by atoms with E-state index in [0.717, 1.165) is 27.9 Å². The molecule has 1 aliphatic heterocycles. The van der Waals surface area contributed by atoms with Crippen LogP contribution in [0.15, 0.2) is 81.2 Å². The van der Waals surface area contributed by atoms with Gasteiger partial charge in [0.1, 0.15) is 11.5 Å². The first-order valence-corrected chi connectivity index (χ1v) is 13.0. The van der Waals surface area contributed by atoms with Crippen LogP contribution in [0.2, 0.25) is 0 Å². The fourth-order valence-corrected chi connectivity index (χ4v) is 5.26. The van der Waals surface area contributed by atoms with Crippen LogP contribution in [0.5, 0.6) is 5.75 Å². The van der Waals surface area contributed by atoms with E-state index >= 15 is 0 Å². The number of esters is 1. The maximum atomic E-state index is 13.5. The molecule has 3 heterocycles. The number of fused-ring (bicyclic) bond motifs is 1. The number of carbonyl (C=O) groups is 2. The quantitative estimate of drug-likeness (QED) is 0.207. The molecule has 39 heavy (non-hydrogen) atoms. The van der Waals surface area contributed by atoms with Crippen LogP contribution < -0.4 is 4.74 Å². The van der Waals surface area contributed by atoms with Crippen molar-refractivity contribution < 1.29 is 28.2 Å². The van der Waals surface area contributed by atoms with Crippen molar-refractivity contribution in [3.63, 3.8) is 0 Å². The molecule has 200 valence electrons. The first-order chi connectivity index (χ1) is 19.0. The van der Waals surface area contributed by atoms with Gasteiger partial charge in [0.25, 0.3) is 5.91 Å². The number of furan rings is 1. The van der Waals surface area contributed by atoms with Crippen LogP contribution in [-0.2, 0) is 20.8 Å². The van der Waals surface area contributed by atoms with Gasteiger partial charge in [-0.15, -0.1) is 0 Å². The lowest BCUT2D eigenvalue weighted by molar-refractivity contribution is -0.122. The number of hydrogen-bond acceptors (Lipinski definition) is 8. The van der Waals surface area contributed by atoms with E-state index in [1.807, 2.05) is 65.4 Å². The van der Waals surface area contributed by atoms with Gasteiger partial charge < -0.3 is 23.2 Å². The minimum Gasteiger partial charge on any atom is -0.497 e. The lowest BCUT2D eigenvalue weighted by Gasteiger charge is -2.14. The lowest BCUT2D eigenvalue weighted by atomic mass is 10.1. The van der Waals surface area contributed by atoms with Gasteiger partial charge >= 0.3 is 5.97 Å². The molecule has 0 unspecified atom stereocenters. The molecule has 1 saturated heterocycles. The van der Waals surface area contributed by atoms with Gasteiger partial charge in [0.15, 0.2) is 5.17 Å². The van der Waals surface area contributed by atoms with Crippen molar-refractivity contribution in [2.75, 3.05) is 34.5 Å². The summed E-state index contributed by atoms with van der Waals surface area (Å²) in [4.78, 5) is 32.2. The third-order valence-electron chi connectivity index (χ3n) is 6.18. The Kier molecular flexibility index (Phi) is 7.85. The third kappa shape index (κ3) is 5.62. The zero-order valence-electron chi connectivity index (χ0n) is 21.7. The predicted molar refractivity (Wildman–Crippen MR) is 150 cm³/mol. The number of thioether (sulfide) groups is 1. The number of rotatable bonds is 9. The summed E-state index contributed by atoms with van der Waals surface area (Å²) in [6.07, 6.45) is 3.87. The maximum absolute atomic E-state index is 13.5. The molecule has 0 spiro atoms. The summed E-state index contributed by atoms with van der Waals surface area (Å²) in [5.74, 6) is 0.847. The molecule has 0 radical (unpaired) electrons. The van der Waals surface area contributed by atoms with E-state index in [9.17, 15) is 9.59 Å². The van der Waals surface area contributed by atoms with Crippen LogP contribution >= 0.6 is 11.8 Å². The highest BCUT2D eigenvalue weighted by atomic mass is 32.2. The second-order valence-electron chi connectivity index (χ2n) is 8.64. The number of aliphatic imine (C=N–C) groups is 1. The predicted octanol–water partition coefficient (Wildman–Crippen LogP) is 5.33. The molecule has 0 atom stereocenters. The van der Waals surface area contributed by atoms with Crippen molar-refractivity contribution in [2.24, 2.45) is 4.99 Å². The summed E-state index contributed by atoms with van der Waals surface area (Å²) in [7, 11) is 4.53. The Morgan fingerprint density at radius 3 is 2.59 bits per heavy atom. The molecule has 0 saturated carbocycles. The second-order valence-corrected chi connectivity index (χ2v) is 9.65. The Balaban J connectivity index is 1.47. The average Bonchev–Trinajstić information content (AvgIpc) is 3.65. The number of benzene rings is 2. The van der Waals surface area contributed by atoms with Crippen molar-refractivity contribution in [1.82, 2.24) is 9.47 Å². The molecular formula is C29H27N3O6S. The average molecular weight is 546 g/mol. The molecule has 5 rings (SSSR count). The van der Waals surface area contributed by atoms with Crippen molar-refractivity contribution in [1.29, 1.82) is 0 Å². The number of para-hydroxylation sites is 1. The lowest BCUT2D eigenvalue weighted by Crippen LogP contribution is -2.32. The van der Waals surface area contributed by atoms with Crippen LogP contribution in [-0.4, -0.2) is 61.0 Å². The number of methoxy groups -OCH3 is 3. The number of ether oxygens (including phenoxy) is 3. The van der Waals surface area contributed by atoms with Gasteiger partial charge in [-0.3, -0.25) is 9.69 Å². The van der Waals surface area contributed by atoms with Gasteiger partial charge in [-0.2, -0.15) is 0 Å². The van der Waals surface area contributed by atoms with Crippen LogP contribution in [0, 0.1) is 0 Å². The smallest absolute Gasteiger partial charge is 0.373 e. The molecule has 0 aliphatic carbocycles. The van der Waals surface area contributed by atoms with E-state index in [2.05, 4.69) is 0 Å². The van der Waals surface area contributed by atoms with Gasteiger partial charge in [0, 0.05) is 29.8 Å². The number of carbonyl (C=O) groups excluding carboxylic acids is 2. The minimum absolute atomic E-state index is 0.130. The molecular weight excluding hydrogens is 518 g/mol. The zero-order valence-corrected chi connectivity index (χ0v) is 22.6. The highest BCUT2D eigenvalue weighted by Gasteiger charge is 2.33. The summed E-state index contributed by atoms with van der Waals surface area (Å²) in [5.41, 5.74) is 2.58. The Bertz CT molecular complexity index is 1570. The molecule has 4 aromatic rings. The highest BCUT2D eigenvalue weighted by Crippen LogP contribution is 2.36. The van der Waals surface area contributed by atoms with Crippen molar-refractivity contribution in [3.05, 3.63) is 88.8 Å². The van der Waals surface area contributed by atoms with E-state index in [1.54, 1.807) is 31.3 Å². The fourth-order valence-electron chi connectivity index (χ4n) is 4.24. The van der Waals surface area contributed by atoms with E-state index in [1.165, 1.54) is 18.9 Å². The Morgan fingerprint density at radius 1 is 1.05 bits per heavy atom. The van der Waals surface area contributed by atoms with E-state index < -0.39 is 5.97 Å². The summed E-state index contributed by atoms with van der Waals surface area (Å²) in [6, 6.07) is 18.7. The van der Waals surface area contributed by atoms with Gasteiger partial charge in [-0.1, -0.05) is 18.2 Å². The van der Waals surface area contributed by atoms with Crippen LogP contribution in [0.3, 0.4) is 0 Å². The van der Waals surface area contributed by atoms with Gasteiger partial charge in [0.2, 0.25) is 5.76 Å². The Labute approximate surface area is 229 Å². The molecule has 0 bridgehead atoms. The monoisotopic (exact) mass is 545 g/mol. The molecule has 2 aromatic carbocycles. The normalized spacial score (nSPS) is 15.6. The van der Waals surface area contributed by atoms with Crippen LogP contribution in [0.25, 0.3) is 17.0 Å². The van der Waals surface area contributed by atoms with Crippen molar-refractivity contribution >= 4 is 51.5 Å². The summed E-state index contributed by atoms with van der Waals surface area (Å²) in [6.45, 7) is 1.18. The number of amidine groups is 1. The molecule has 0 N–H and O–H groups in total. The van der Waals surface area contributed by atoms with E-state index in [0.29, 0.717) is 35.5 Å². The molecule has 9 nitrogen and oxygen atoms in total. The minimum atomic E-state index is -0.522. The van der Waals surface area contributed by atoms with Crippen LogP contribution in [0.4, 0.5) is 5.69 Å². The SMILES string of the molecule is COCCN1C(=O)/C(=C/c2cn(Cc3ccc(C(=O)OC)o3)c3ccccc23)SC1=Nc1ccc(OC)cc1. The Hall–Kier alpha value is -4.28. The van der Waals surface area contributed by atoms with Crippen LogP contribution in [0.1, 0.15) is 21.9 Å².